The second-order valence-corrected chi connectivity index (χ2v) is 6.97. The highest BCUT2D eigenvalue weighted by atomic mass is 79.9. The van der Waals surface area contributed by atoms with E-state index in [2.05, 4.69) is 41.0 Å². The molecule has 1 aromatic rings. The lowest BCUT2D eigenvalue weighted by Crippen LogP contribution is -2.31. The molecular weight excluding hydrogens is 290 g/mol. The van der Waals surface area contributed by atoms with Crippen LogP contribution in [0.15, 0.2) is 16.1 Å². The molecule has 0 saturated heterocycles. The summed E-state index contributed by atoms with van der Waals surface area (Å²) in [6, 6.07) is 0.192. The van der Waals surface area contributed by atoms with Crippen molar-refractivity contribution in [1.29, 1.82) is 0 Å². The highest BCUT2D eigenvalue weighted by molar-refractivity contribution is 9.10. The second-order valence-electron chi connectivity index (χ2n) is 6.18. The summed E-state index contributed by atoms with van der Waals surface area (Å²) in [7, 11) is 2.00. The van der Waals surface area contributed by atoms with Gasteiger partial charge in [-0.25, -0.2) is 0 Å². The largest absolute Gasteiger partial charge is 0.324 e. The molecule has 0 aliphatic heterocycles. The van der Waals surface area contributed by atoms with Gasteiger partial charge in [0.05, 0.1) is 15.9 Å². The van der Waals surface area contributed by atoms with Crippen LogP contribution in [0.1, 0.15) is 38.1 Å². The van der Waals surface area contributed by atoms with Gasteiger partial charge in [-0.15, -0.1) is 0 Å². The van der Waals surface area contributed by atoms with Crippen LogP contribution in [0.25, 0.3) is 0 Å². The highest BCUT2D eigenvalue weighted by Gasteiger charge is 2.27. The fourth-order valence-corrected chi connectivity index (χ4v) is 3.43. The van der Waals surface area contributed by atoms with E-state index in [0.717, 1.165) is 29.4 Å². The van der Waals surface area contributed by atoms with Crippen LogP contribution in [0.2, 0.25) is 0 Å². The zero-order chi connectivity index (χ0) is 13.5. The average Bonchev–Trinajstić information content (AvgIpc) is 2.42. The van der Waals surface area contributed by atoms with E-state index in [-0.39, 0.29) is 6.04 Å². The average molecular weight is 312 g/mol. The molecule has 3 nitrogen and oxygen atoms in total. The van der Waals surface area contributed by atoms with E-state index >= 15 is 0 Å². The minimum Gasteiger partial charge on any atom is -0.324 e. The third-order valence-electron chi connectivity index (χ3n) is 3.60. The first-order valence-corrected chi connectivity index (χ1v) is 7.21. The van der Waals surface area contributed by atoms with Crippen molar-refractivity contribution in [3.05, 3.63) is 27.5 Å². The molecule has 1 aliphatic rings. The summed E-state index contributed by atoms with van der Waals surface area (Å²) in [5, 5.41) is 4.44. The van der Waals surface area contributed by atoms with Crippen molar-refractivity contribution in [3.63, 3.8) is 0 Å². The van der Waals surface area contributed by atoms with Crippen molar-refractivity contribution in [2.45, 2.75) is 46.1 Å². The molecule has 1 unspecified atom stereocenters. The maximum Gasteiger partial charge on any atom is 0.0738 e. The molecule has 1 heterocycles. The normalized spacial score (nSPS) is 23.0. The minimum absolute atomic E-state index is 0.192. The van der Waals surface area contributed by atoms with Gasteiger partial charge in [-0.05, 0) is 41.1 Å². The topological polar surface area (TPSA) is 43.8 Å². The first-order chi connectivity index (χ1) is 8.28. The van der Waals surface area contributed by atoms with E-state index in [9.17, 15) is 0 Å². The Morgan fingerprint density at radius 1 is 1.56 bits per heavy atom. The smallest absolute Gasteiger partial charge is 0.0738 e. The molecule has 0 bridgehead atoms. The Hall–Kier alpha value is -0.610. The van der Waals surface area contributed by atoms with Crippen LogP contribution >= 0.6 is 15.9 Å². The van der Waals surface area contributed by atoms with Crippen LogP contribution in [0.3, 0.4) is 0 Å². The zero-order valence-corrected chi connectivity index (χ0v) is 13.2. The Bertz CT molecular complexity index is 485. The van der Waals surface area contributed by atoms with E-state index in [1.54, 1.807) is 0 Å². The highest BCUT2D eigenvalue weighted by Crippen LogP contribution is 2.36. The third-order valence-corrected chi connectivity index (χ3v) is 4.63. The van der Waals surface area contributed by atoms with Crippen LogP contribution in [-0.4, -0.2) is 15.8 Å². The molecule has 4 heteroatoms. The molecule has 0 amide bonds. The van der Waals surface area contributed by atoms with Crippen molar-refractivity contribution < 1.29 is 0 Å². The summed E-state index contributed by atoms with van der Waals surface area (Å²) in [5.41, 5.74) is 10.2. The van der Waals surface area contributed by atoms with Crippen molar-refractivity contribution >= 4 is 15.9 Å². The lowest BCUT2D eigenvalue weighted by atomic mass is 9.74. The molecule has 100 valence electrons. The van der Waals surface area contributed by atoms with Crippen molar-refractivity contribution in [2.24, 2.45) is 18.2 Å². The summed E-state index contributed by atoms with van der Waals surface area (Å²) in [6.07, 6.45) is 5.37. The molecule has 18 heavy (non-hydrogen) atoms. The predicted octanol–water partition coefficient (Wildman–Crippen LogP) is 3.11. The second kappa shape index (κ2) is 4.82. The van der Waals surface area contributed by atoms with E-state index in [0.29, 0.717) is 5.41 Å². The Kier molecular flexibility index (Phi) is 3.70. The molecular formula is C14H22BrN3. The van der Waals surface area contributed by atoms with Crippen LogP contribution in [-0.2, 0) is 13.5 Å². The number of aromatic nitrogens is 2. The van der Waals surface area contributed by atoms with Gasteiger partial charge in [-0.1, -0.05) is 25.5 Å². The molecule has 0 saturated carbocycles. The lowest BCUT2D eigenvalue weighted by Gasteiger charge is -2.33. The zero-order valence-electron chi connectivity index (χ0n) is 11.6. The number of nitrogens with two attached hydrogens (primary N) is 1. The van der Waals surface area contributed by atoms with Crippen LogP contribution in [0.5, 0.6) is 0 Å². The quantitative estimate of drug-likeness (QED) is 0.853. The van der Waals surface area contributed by atoms with E-state index < -0.39 is 0 Å². The summed E-state index contributed by atoms with van der Waals surface area (Å²) < 4.78 is 3.09. The number of halogens is 1. The Morgan fingerprint density at radius 3 is 2.72 bits per heavy atom. The minimum atomic E-state index is 0.192. The van der Waals surface area contributed by atoms with Gasteiger partial charge in [0.2, 0.25) is 0 Å². The maximum absolute atomic E-state index is 6.13. The predicted molar refractivity (Wildman–Crippen MR) is 78.4 cm³/mol. The van der Waals surface area contributed by atoms with E-state index in [1.807, 2.05) is 18.7 Å². The first-order valence-electron chi connectivity index (χ1n) is 6.41. The maximum atomic E-state index is 6.13. The number of hydrogen-bond acceptors (Lipinski definition) is 2. The summed E-state index contributed by atoms with van der Waals surface area (Å²) >= 11 is 3.63. The van der Waals surface area contributed by atoms with Gasteiger partial charge in [0.15, 0.2) is 0 Å². The molecule has 2 N–H and O–H groups in total. The van der Waals surface area contributed by atoms with Gasteiger partial charge >= 0.3 is 0 Å². The van der Waals surface area contributed by atoms with E-state index in [4.69, 9.17) is 5.73 Å². The van der Waals surface area contributed by atoms with Crippen molar-refractivity contribution in [3.8, 4) is 0 Å². The standard InChI is InChI=1S/C14H22BrN3/c1-9-13(15)12(18(4)17-9)6-10-5-11(16)8-14(2,3)7-10/h5,11H,6-8,16H2,1-4H3. The molecule has 1 aromatic heterocycles. The monoisotopic (exact) mass is 311 g/mol. The fourth-order valence-electron chi connectivity index (χ4n) is 2.95. The number of aryl methyl sites for hydroxylation is 2. The number of hydrogen-bond donors (Lipinski definition) is 1. The molecule has 0 fully saturated rings. The molecule has 2 rings (SSSR count). The van der Waals surface area contributed by atoms with Crippen molar-refractivity contribution in [1.82, 2.24) is 9.78 Å². The molecule has 0 radical (unpaired) electrons. The molecule has 1 aliphatic carbocycles. The van der Waals surface area contributed by atoms with Gasteiger partial charge in [0, 0.05) is 19.5 Å². The summed E-state index contributed by atoms with van der Waals surface area (Å²) in [5.74, 6) is 0. The first kappa shape index (κ1) is 13.8. The molecule has 1 atom stereocenters. The fraction of sp³-hybridized carbons (Fsp3) is 0.643. The Labute approximate surface area is 118 Å². The van der Waals surface area contributed by atoms with Crippen LogP contribution in [0.4, 0.5) is 0 Å². The number of nitrogens with zero attached hydrogens (tertiary/aromatic N) is 2. The SMILES string of the molecule is Cc1nn(C)c(CC2=CC(N)CC(C)(C)C2)c1Br. The van der Waals surface area contributed by atoms with E-state index in [1.165, 1.54) is 11.3 Å². The van der Waals surface area contributed by atoms with Gasteiger partial charge in [-0.3, -0.25) is 4.68 Å². The lowest BCUT2D eigenvalue weighted by molar-refractivity contribution is 0.299. The molecule has 0 aromatic carbocycles. The van der Waals surface area contributed by atoms with Gasteiger partial charge in [0.1, 0.15) is 0 Å². The van der Waals surface area contributed by atoms with Gasteiger partial charge in [0.25, 0.3) is 0 Å². The number of rotatable bonds is 2. The summed E-state index contributed by atoms with van der Waals surface area (Å²) in [4.78, 5) is 0. The van der Waals surface area contributed by atoms with Gasteiger partial charge in [-0.2, -0.15) is 5.10 Å². The van der Waals surface area contributed by atoms with Crippen LogP contribution < -0.4 is 5.73 Å². The van der Waals surface area contributed by atoms with Crippen LogP contribution in [0, 0.1) is 12.3 Å². The Balaban J connectivity index is 2.24. The summed E-state index contributed by atoms with van der Waals surface area (Å²) in [6.45, 7) is 6.62. The number of allylic oxidation sites excluding steroid dienone is 1. The third kappa shape index (κ3) is 2.86. The van der Waals surface area contributed by atoms with Gasteiger partial charge < -0.3 is 5.73 Å². The Morgan fingerprint density at radius 2 is 2.22 bits per heavy atom. The molecule has 0 spiro atoms. The van der Waals surface area contributed by atoms with Crippen molar-refractivity contribution in [2.75, 3.05) is 0 Å².